The number of carbonyl (C=O) groups excluding carboxylic acids is 1. The van der Waals surface area contributed by atoms with Crippen LogP contribution in [0.3, 0.4) is 0 Å². The highest BCUT2D eigenvalue weighted by Gasteiger charge is 2.34. The van der Waals surface area contributed by atoms with Gasteiger partial charge in [-0.2, -0.15) is 8.42 Å². The summed E-state index contributed by atoms with van der Waals surface area (Å²) in [6.07, 6.45) is 6.48. The summed E-state index contributed by atoms with van der Waals surface area (Å²) >= 11 is 0. The average molecular weight is 452 g/mol. The SMILES string of the molecule is NS(=O)(=O)OC[C@H]1C[C@@H](Nc2ccncc2C(=O)c2cc([C@H]3CCCO3)co2)C[C@@H]1O. The van der Waals surface area contributed by atoms with Gasteiger partial charge in [0.25, 0.3) is 0 Å². The Hall–Kier alpha value is -2.31. The van der Waals surface area contributed by atoms with E-state index in [-0.39, 0.29) is 30.3 Å². The molecule has 31 heavy (non-hydrogen) atoms. The summed E-state index contributed by atoms with van der Waals surface area (Å²) in [4.78, 5) is 17.1. The van der Waals surface area contributed by atoms with E-state index in [1.165, 1.54) is 6.20 Å². The zero-order valence-electron chi connectivity index (χ0n) is 16.8. The number of aliphatic hydroxyl groups excluding tert-OH is 1. The van der Waals surface area contributed by atoms with Crippen LogP contribution in [0, 0.1) is 5.92 Å². The molecular weight excluding hydrogens is 426 g/mol. The lowest BCUT2D eigenvalue weighted by atomic mass is 10.1. The molecule has 0 radical (unpaired) electrons. The number of aliphatic hydroxyl groups is 1. The average Bonchev–Trinajstić information content (AvgIpc) is 3.47. The van der Waals surface area contributed by atoms with Crippen LogP contribution in [-0.2, 0) is 19.2 Å². The summed E-state index contributed by atoms with van der Waals surface area (Å²) in [5.74, 6) is -0.504. The summed E-state index contributed by atoms with van der Waals surface area (Å²) < 4.78 is 37.8. The number of ketones is 1. The number of hydrogen-bond donors (Lipinski definition) is 3. The van der Waals surface area contributed by atoms with E-state index in [0.29, 0.717) is 30.7 Å². The van der Waals surface area contributed by atoms with E-state index in [1.807, 2.05) is 0 Å². The molecular formula is C20H25N3O7S. The first kappa shape index (κ1) is 21.9. The summed E-state index contributed by atoms with van der Waals surface area (Å²) in [6, 6.07) is 3.20. The normalized spacial score (nSPS) is 26.3. The number of ether oxygens (including phenoxy) is 1. The first-order valence-corrected chi connectivity index (χ1v) is 11.6. The molecule has 1 aliphatic heterocycles. The van der Waals surface area contributed by atoms with E-state index >= 15 is 0 Å². The maximum Gasteiger partial charge on any atom is 0.333 e. The molecule has 1 saturated heterocycles. The Bertz CT molecular complexity index is 1030. The summed E-state index contributed by atoms with van der Waals surface area (Å²) in [7, 11) is -4.07. The lowest BCUT2D eigenvalue weighted by Gasteiger charge is -2.16. The fourth-order valence-corrected chi connectivity index (χ4v) is 4.48. The number of anilines is 1. The molecule has 2 aromatic rings. The summed E-state index contributed by atoms with van der Waals surface area (Å²) in [5, 5.41) is 18.4. The van der Waals surface area contributed by atoms with Gasteiger partial charge in [0.1, 0.15) is 0 Å². The minimum atomic E-state index is -4.07. The molecule has 0 unspecified atom stereocenters. The first-order chi connectivity index (χ1) is 14.8. The Morgan fingerprint density at radius 1 is 1.39 bits per heavy atom. The van der Waals surface area contributed by atoms with Gasteiger partial charge in [-0.3, -0.25) is 14.0 Å². The molecule has 11 heteroatoms. The Kier molecular flexibility index (Phi) is 6.39. The fraction of sp³-hybridized carbons (Fsp3) is 0.500. The van der Waals surface area contributed by atoms with E-state index in [9.17, 15) is 18.3 Å². The number of nitrogens with zero attached hydrogens (tertiary/aromatic N) is 1. The smallest absolute Gasteiger partial charge is 0.333 e. The summed E-state index contributed by atoms with van der Waals surface area (Å²) in [5.41, 5.74) is 1.74. The molecule has 10 nitrogen and oxygen atoms in total. The largest absolute Gasteiger partial charge is 0.460 e. The van der Waals surface area contributed by atoms with Crippen LogP contribution in [0.25, 0.3) is 0 Å². The Morgan fingerprint density at radius 2 is 2.23 bits per heavy atom. The van der Waals surface area contributed by atoms with Crippen LogP contribution in [0.4, 0.5) is 5.69 Å². The van der Waals surface area contributed by atoms with Crippen LogP contribution in [0.2, 0.25) is 0 Å². The van der Waals surface area contributed by atoms with Crippen molar-refractivity contribution in [3.63, 3.8) is 0 Å². The van der Waals surface area contributed by atoms with Gasteiger partial charge in [-0.05, 0) is 37.8 Å². The monoisotopic (exact) mass is 451 g/mol. The van der Waals surface area contributed by atoms with Crippen molar-refractivity contribution in [1.82, 2.24) is 4.98 Å². The predicted molar refractivity (Wildman–Crippen MR) is 110 cm³/mol. The van der Waals surface area contributed by atoms with Crippen LogP contribution in [0.1, 0.15) is 53.5 Å². The highest BCUT2D eigenvalue weighted by Crippen LogP contribution is 2.32. The van der Waals surface area contributed by atoms with Crippen molar-refractivity contribution in [1.29, 1.82) is 0 Å². The molecule has 168 valence electrons. The van der Waals surface area contributed by atoms with Gasteiger partial charge in [-0.15, -0.1) is 0 Å². The van der Waals surface area contributed by atoms with E-state index in [2.05, 4.69) is 14.5 Å². The molecule has 2 aromatic heterocycles. The molecule has 4 atom stereocenters. The number of carbonyl (C=O) groups is 1. The number of nitrogens with one attached hydrogen (secondary N) is 1. The standard InChI is InChI=1S/C20H25N3O7S/c21-31(26,27)30-11-12-6-14(8-17(12)24)23-16-3-4-22-9-15(16)20(25)19-7-13(10-29-19)18-2-1-5-28-18/h3-4,7,9-10,12,14,17-18,24H,1-2,5-6,8,11H2,(H,22,23)(H2,21,26,27)/t12-,14-,17+,18-/m1/s1. The molecule has 4 rings (SSSR count). The van der Waals surface area contributed by atoms with E-state index in [1.54, 1.807) is 24.6 Å². The van der Waals surface area contributed by atoms with Crippen molar-refractivity contribution in [2.45, 2.75) is 43.9 Å². The second-order valence-electron chi connectivity index (χ2n) is 7.91. The number of rotatable bonds is 8. The van der Waals surface area contributed by atoms with Crippen LogP contribution in [-0.4, -0.2) is 49.7 Å². The fourth-order valence-electron chi connectivity index (χ4n) is 4.12. The van der Waals surface area contributed by atoms with Crippen molar-refractivity contribution < 1.29 is 31.7 Å². The minimum absolute atomic E-state index is 0.0479. The van der Waals surface area contributed by atoms with E-state index in [4.69, 9.17) is 14.3 Å². The molecule has 2 aliphatic rings. The molecule has 1 saturated carbocycles. The topological polar surface area (TPSA) is 154 Å². The highest BCUT2D eigenvalue weighted by molar-refractivity contribution is 7.84. The second kappa shape index (κ2) is 9.05. The Morgan fingerprint density at radius 3 is 2.97 bits per heavy atom. The molecule has 1 aliphatic carbocycles. The number of hydrogen-bond acceptors (Lipinski definition) is 9. The van der Waals surface area contributed by atoms with Crippen LogP contribution in [0.15, 0.2) is 35.2 Å². The van der Waals surface area contributed by atoms with Gasteiger partial charge in [-0.25, -0.2) is 5.14 Å². The second-order valence-corrected chi connectivity index (χ2v) is 9.14. The third-order valence-corrected chi connectivity index (χ3v) is 6.14. The lowest BCUT2D eigenvalue weighted by molar-refractivity contribution is 0.100. The van der Waals surface area contributed by atoms with Crippen molar-refractivity contribution >= 4 is 21.8 Å². The van der Waals surface area contributed by atoms with Gasteiger partial charge < -0.3 is 19.6 Å². The molecule has 3 heterocycles. The molecule has 0 aromatic carbocycles. The third kappa shape index (κ3) is 5.31. The van der Waals surface area contributed by atoms with Gasteiger partial charge in [0.05, 0.1) is 30.6 Å². The van der Waals surface area contributed by atoms with Gasteiger partial charge in [-0.1, -0.05) is 0 Å². The molecule has 2 fully saturated rings. The van der Waals surface area contributed by atoms with Crippen molar-refractivity contribution in [2.24, 2.45) is 11.1 Å². The lowest BCUT2D eigenvalue weighted by Crippen LogP contribution is -2.24. The van der Waals surface area contributed by atoms with Crippen LogP contribution < -0.4 is 10.5 Å². The van der Waals surface area contributed by atoms with Gasteiger partial charge in [0.2, 0.25) is 5.78 Å². The van der Waals surface area contributed by atoms with Crippen molar-refractivity contribution in [3.8, 4) is 0 Å². The van der Waals surface area contributed by atoms with Gasteiger partial charge in [0.15, 0.2) is 5.76 Å². The molecule has 4 N–H and O–H groups in total. The number of aromatic nitrogens is 1. The Labute approximate surface area is 180 Å². The first-order valence-electron chi connectivity index (χ1n) is 10.1. The minimum Gasteiger partial charge on any atom is -0.460 e. The van der Waals surface area contributed by atoms with Crippen molar-refractivity contribution in [3.05, 3.63) is 47.7 Å². The van der Waals surface area contributed by atoms with E-state index < -0.39 is 22.3 Å². The summed E-state index contributed by atoms with van der Waals surface area (Å²) in [6.45, 7) is 0.505. The molecule has 0 spiro atoms. The van der Waals surface area contributed by atoms with E-state index in [0.717, 1.165) is 18.4 Å². The van der Waals surface area contributed by atoms with Gasteiger partial charge in [0, 0.05) is 42.2 Å². The Balaban J connectivity index is 1.45. The maximum atomic E-state index is 13.0. The maximum absolute atomic E-state index is 13.0. The van der Waals surface area contributed by atoms with Gasteiger partial charge >= 0.3 is 10.3 Å². The van der Waals surface area contributed by atoms with Crippen LogP contribution >= 0.6 is 0 Å². The third-order valence-electron chi connectivity index (χ3n) is 5.67. The molecule has 0 bridgehead atoms. The zero-order valence-corrected chi connectivity index (χ0v) is 17.6. The highest BCUT2D eigenvalue weighted by atomic mass is 32.2. The molecule has 0 amide bonds. The number of pyridine rings is 1. The number of nitrogens with two attached hydrogens (primary N) is 1. The number of furan rings is 1. The predicted octanol–water partition coefficient (Wildman–Crippen LogP) is 1.53. The van der Waals surface area contributed by atoms with Crippen molar-refractivity contribution in [2.75, 3.05) is 18.5 Å². The zero-order chi connectivity index (χ0) is 22.0. The quantitative estimate of drug-likeness (QED) is 0.507. The van der Waals surface area contributed by atoms with Crippen LogP contribution in [0.5, 0.6) is 0 Å².